The van der Waals surface area contributed by atoms with Crippen molar-refractivity contribution in [3.8, 4) is 0 Å². The lowest BCUT2D eigenvalue weighted by atomic mass is 10.1. The van der Waals surface area contributed by atoms with Gasteiger partial charge in [0.25, 0.3) is 0 Å². The Morgan fingerprint density at radius 2 is 2.45 bits per heavy atom. The van der Waals surface area contributed by atoms with Gasteiger partial charge in [-0.2, -0.15) is 0 Å². The van der Waals surface area contributed by atoms with Gasteiger partial charge in [0, 0.05) is 6.42 Å². The van der Waals surface area contributed by atoms with Gasteiger partial charge in [-0.25, -0.2) is 0 Å². The topological polar surface area (TPSA) is 30.2 Å². The molecule has 2 nitrogen and oxygen atoms in total. The molecule has 0 bridgehead atoms. The summed E-state index contributed by atoms with van der Waals surface area (Å²) in [5.74, 6) is 0.133. The van der Waals surface area contributed by atoms with Crippen LogP contribution in [0.15, 0.2) is 21.4 Å². The van der Waals surface area contributed by atoms with Crippen molar-refractivity contribution in [1.82, 2.24) is 0 Å². The van der Waals surface area contributed by atoms with Crippen LogP contribution < -0.4 is 0 Å². The molecule has 0 aliphatic rings. The fraction of sp³-hybridized carbons (Fsp3) is 0.375. The zero-order valence-electron chi connectivity index (χ0n) is 6.26. The van der Waals surface area contributed by atoms with Crippen LogP contribution in [0.3, 0.4) is 0 Å². The summed E-state index contributed by atoms with van der Waals surface area (Å²) in [6.07, 6.45) is 2.96. The Kier molecular flexibility index (Phi) is 2.88. The Bertz CT molecular complexity index is 252. The molecule has 0 spiro atoms. The molecular weight excluding hydrogens is 208 g/mol. The molecule has 0 atom stereocenters. The molecule has 60 valence electrons. The van der Waals surface area contributed by atoms with Crippen molar-refractivity contribution < 1.29 is 9.21 Å². The molecule has 0 aliphatic carbocycles. The van der Waals surface area contributed by atoms with Gasteiger partial charge in [-0.1, -0.05) is 6.92 Å². The van der Waals surface area contributed by atoms with E-state index >= 15 is 0 Å². The smallest absolute Gasteiger partial charge is 0.179 e. The second kappa shape index (κ2) is 3.72. The summed E-state index contributed by atoms with van der Waals surface area (Å²) in [4.78, 5) is 11.2. The number of carbonyl (C=O) groups is 1. The molecule has 0 saturated carbocycles. The van der Waals surface area contributed by atoms with Crippen LogP contribution in [0.25, 0.3) is 0 Å². The molecule has 1 aromatic heterocycles. The number of ketones is 1. The standard InChI is InChI=1S/C8H9BrO2/c1-2-3-7(10)6-4-5-11-8(6)9/h4-5H,2-3H2,1H3. The van der Waals surface area contributed by atoms with Crippen molar-refractivity contribution in [3.63, 3.8) is 0 Å². The lowest BCUT2D eigenvalue weighted by molar-refractivity contribution is 0.0980. The van der Waals surface area contributed by atoms with Gasteiger partial charge in [0.05, 0.1) is 11.8 Å². The normalized spacial score (nSPS) is 10.0. The molecule has 3 heteroatoms. The lowest BCUT2D eigenvalue weighted by Crippen LogP contribution is -1.95. The van der Waals surface area contributed by atoms with Crippen LogP contribution in [0.4, 0.5) is 0 Å². The highest BCUT2D eigenvalue weighted by molar-refractivity contribution is 9.10. The number of hydrogen-bond acceptors (Lipinski definition) is 2. The van der Waals surface area contributed by atoms with Gasteiger partial charge < -0.3 is 4.42 Å². The van der Waals surface area contributed by atoms with Gasteiger partial charge in [0.1, 0.15) is 0 Å². The summed E-state index contributed by atoms with van der Waals surface area (Å²) in [7, 11) is 0. The van der Waals surface area contributed by atoms with Gasteiger partial charge in [-0.15, -0.1) is 0 Å². The molecule has 0 fully saturated rings. The van der Waals surface area contributed by atoms with E-state index in [9.17, 15) is 4.79 Å². The first-order valence-corrected chi connectivity index (χ1v) is 4.31. The van der Waals surface area contributed by atoms with E-state index in [-0.39, 0.29) is 5.78 Å². The van der Waals surface area contributed by atoms with Crippen LogP contribution in [0.2, 0.25) is 0 Å². The van der Waals surface area contributed by atoms with Crippen LogP contribution in [0.5, 0.6) is 0 Å². The molecule has 1 heterocycles. The second-order valence-electron chi connectivity index (χ2n) is 2.28. The van der Waals surface area contributed by atoms with Crippen LogP contribution in [0, 0.1) is 0 Å². The van der Waals surface area contributed by atoms with Crippen molar-refractivity contribution in [3.05, 3.63) is 22.6 Å². The number of halogens is 1. The first kappa shape index (κ1) is 8.53. The zero-order chi connectivity index (χ0) is 8.27. The van der Waals surface area contributed by atoms with Crippen molar-refractivity contribution in [2.24, 2.45) is 0 Å². The van der Waals surface area contributed by atoms with E-state index in [4.69, 9.17) is 4.42 Å². The number of rotatable bonds is 3. The van der Waals surface area contributed by atoms with Crippen LogP contribution in [-0.4, -0.2) is 5.78 Å². The highest BCUT2D eigenvalue weighted by Crippen LogP contribution is 2.19. The van der Waals surface area contributed by atoms with E-state index in [0.717, 1.165) is 6.42 Å². The predicted octanol–water partition coefficient (Wildman–Crippen LogP) is 3.02. The van der Waals surface area contributed by atoms with E-state index in [1.165, 1.54) is 6.26 Å². The van der Waals surface area contributed by atoms with Crippen molar-refractivity contribution in [2.75, 3.05) is 0 Å². The van der Waals surface area contributed by atoms with Crippen LogP contribution in [-0.2, 0) is 0 Å². The number of furan rings is 1. The van der Waals surface area contributed by atoms with E-state index < -0.39 is 0 Å². The highest BCUT2D eigenvalue weighted by atomic mass is 79.9. The van der Waals surface area contributed by atoms with Crippen molar-refractivity contribution in [2.45, 2.75) is 19.8 Å². The summed E-state index contributed by atoms with van der Waals surface area (Å²) in [6.45, 7) is 1.98. The summed E-state index contributed by atoms with van der Waals surface area (Å²) >= 11 is 3.15. The van der Waals surface area contributed by atoms with E-state index in [1.54, 1.807) is 6.07 Å². The lowest BCUT2D eigenvalue weighted by Gasteiger charge is -1.92. The molecule has 1 rings (SSSR count). The third-order valence-corrected chi connectivity index (χ3v) is 2.01. The SMILES string of the molecule is CCCC(=O)c1ccoc1Br. The molecule has 0 amide bonds. The van der Waals surface area contributed by atoms with Crippen LogP contribution >= 0.6 is 15.9 Å². The Labute approximate surface area is 73.7 Å². The minimum Gasteiger partial charge on any atom is -0.457 e. The maximum atomic E-state index is 11.2. The van der Waals surface area contributed by atoms with E-state index in [1.807, 2.05) is 6.92 Å². The first-order valence-electron chi connectivity index (χ1n) is 3.52. The molecule has 0 saturated heterocycles. The van der Waals surface area contributed by atoms with Gasteiger partial charge in [0.2, 0.25) is 0 Å². The van der Waals surface area contributed by atoms with E-state index in [0.29, 0.717) is 16.7 Å². The Morgan fingerprint density at radius 1 is 1.73 bits per heavy atom. The molecule has 0 radical (unpaired) electrons. The third-order valence-electron chi connectivity index (χ3n) is 1.40. The van der Waals surface area contributed by atoms with E-state index in [2.05, 4.69) is 15.9 Å². The molecule has 0 unspecified atom stereocenters. The Balaban J connectivity index is 2.76. The minimum absolute atomic E-state index is 0.133. The quantitative estimate of drug-likeness (QED) is 0.728. The second-order valence-corrected chi connectivity index (χ2v) is 3.00. The summed E-state index contributed by atoms with van der Waals surface area (Å²) in [5, 5.41) is 0. The predicted molar refractivity (Wildman–Crippen MR) is 45.6 cm³/mol. The number of carbonyl (C=O) groups excluding carboxylic acids is 1. The van der Waals surface area contributed by atoms with Crippen molar-refractivity contribution in [1.29, 1.82) is 0 Å². The van der Waals surface area contributed by atoms with Crippen molar-refractivity contribution >= 4 is 21.7 Å². The average molecular weight is 217 g/mol. The highest BCUT2D eigenvalue weighted by Gasteiger charge is 2.10. The summed E-state index contributed by atoms with van der Waals surface area (Å²) < 4.78 is 5.47. The maximum absolute atomic E-state index is 11.2. The average Bonchev–Trinajstić information content (AvgIpc) is 2.36. The van der Waals surface area contributed by atoms with Gasteiger partial charge >= 0.3 is 0 Å². The molecule has 0 aromatic carbocycles. The molecule has 1 aromatic rings. The zero-order valence-corrected chi connectivity index (χ0v) is 7.85. The Hall–Kier alpha value is -0.570. The number of hydrogen-bond donors (Lipinski definition) is 0. The number of Topliss-reactive ketones (excluding diaryl/α,β-unsaturated/α-hetero) is 1. The largest absolute Gasteiger partial charge is 0.457 e. The fourth-order valence-corrected chi connectivity index (χ4v) is 1.32. The monoisotopic (exact) mass is 216 g/mol. The Morgan fingerprint density at radius 3 is 2.91 bits per heavy atom. The third kappa shape index (κ3) is 1.93. The first-order chi connectivity index (χ1) is 5.25. The van der Waals surface area contributed by atoms with Gasteiger partial charge in [0.15, 0.2) is 10.5 Å². The molecule has 0 aliphatic heterocycles. The minimum atomic E-state index is 0.133. The van der Waals surface area contributed by atoms with Gasteiger partial charge in [-0.05, 0) is 28.4 Å². The molecule has 11 heavy (non-hydrogen) atoms. The molecular formula is C8H9BrO2. The fourth-order valence-electron chi connectivity index (χ4n) is 0.855. The summed E-state index contributed by atoms with van der Waals surface area (Å²) in [6, 6.07) is 1.68. The summed E-state index contributed by atoms with van der Waals surface area (Å²) in [5.41, 5.74) is 0.645. The van der Waals surface area contributed by atoms with Gasteiger partial charge in [-0.3, -0.25) is 4.79 Å². The maximum Gasteiger partial charge on any atom is 0.179 e. The molecule has 0 N–H and O–H groups in total. The van der Waals surface area contributed by atoms with Crippen LogP contribution in [0.1, 0.15) is 30.1 Å².